The van der Waals surface area contributed by atoms with Crippen LogP contribution in [0.15, 0.2) is 24.3 Å². The molecule has 1 saturated carbocycles. The van der Waals surface area contributed by atoms with Gasteiger partial charge in [0.25, 0.3) is 0 Å². The average Bonchev–Trinajstić information content (AvgIpc) is 3.07. The van der Waals surface area contributed by atoms with Gasteiger partial charge in [0.15, 0.2) is 0 Å². The highest BCUT2D eigenvalue weighted by atomic mass is 16.6. The SMILES string of the molecule is COCc1ccc(-c2nn([C@H]3C[C@@]4(CCCN(C(=O)OC(C)(C)C)C4)C3)c(N)c2C#N)cc1. The third-order valence-corrected chi connectivity index (χ3v) is 6.59. The Morgan fingerprint density at radius 3 is 2.61 bits per heavy atom. The van der Waals surface area contributed by atoms with E-state index >= 15 is 0 Å². The van der Waals surface area contributed by atoms with Gasteiger partial charge in [0, 0.05) is 25.8 Å². The Kier molecular flexibility index (Phi) is 6.10. The highest BCUT2D eigenvalue weighted by molar-refractivity contribution is 5.73. The number of aromatic nitrogens is 2. The minimum absolute atomic E-state index is 0.0625. The Labute approximate surface area is 195 Å². The number of rotatable bonds is 4. The summed E-state index contributed by atoms with van der Waals surface area (Å²) < 4.78 is 12.6. The number of hydrogen-bond acceptors (Lipinski definition) is 6. The fourth-order valence-electron chi connectivity index (χ4n) is 5.10. The van der Waals surface area contributed by atoms with Crippen LogP contribution in [0, 0.1) is 16.7 Å². The number of benzene rings is 1. The third kappa shape index (κ3) is 4.69. The summed E-state index contributed by atoms with van der Waals surface area (Å²) in [6.45, 7) is 7.62. The summed E-state index contributed by atoms with van der Waals surface area (Å²) in [7, 11) is 1.66. The van der Waals surface area contributed by atoms with Crippen molar-refractivity contribution in [2.75, 3.05) is 25.9 Å². The molecular weight excluding hydrogens is 418 g/mol. The molecule has 1 amide bonds. The normalized spacial score (nSPS) is 22.6. The van der Waals surface area contributed by atoms with Crippen LogP contribution in [-0.4, -0.2) is 46.6 Å². The molecule has 4 rings (SSSR count). The van der Waals surface area contributed by atoms with E-state index in [-0.39, 0.29) is 17.6 Å². The molecule has 2 fully saturated rings. The van der Waals surface area contributed by atoms with Gasteiger partial charge in [-0.1, -0.05) is 24.3 Å². The zero-order valence-corrected chi connectivity index (χ0v) is 19.9. The van der Waals surface area contributed by atoms with Crippen LogP contribution in [0.1, 0.15) is 63.6 Å². The summed E-state index contributed by atoms with van der Waals surface area (Å²) in [5.41, 5.74) is 8.88. The lowest BCUT2D eigenvalue weighted by Gasteiger charge is -2.52. The van der Waals surface area contributed by atoms with Gasteiger partial charge in [-0.15, -0.1) is 0 Å². The predicted octanol–water partition coefficient (Wildman–Crippen LogP) is 4.50. The number of hydrogen-bond donors (Lipinski definition) is 1. The fraction of sp³-hybridized carbons (Fsp3) is 0.560. The highest BCUT2D eigenvalue weighted by Crippen LogP contribution is 2.54. The number of carbonyl (C=O) groups excluding carboxylic acids is 1. The van der Waals surface area contributed by atoms with Crippen molar-refractivity contribution < 1.29 is 14.3 Å². The maximum absolute atomic E-state index is 12.6. The predicted molar refractivity (Wildman–Crippen MR) is 125 cm³/mol. The first-order chi connectivity index (χ1) is 15.6. The number of methoxy groups -OCH3 is 1. The first-order valence-corrected chi connectivity index (χ1v) is 11.5. The van der Waals surface area contributed by atoms with Gasteiger partial charge in [-0.3, -0.25) is 0 Å². The van der Waals surface area contributed by atoms with Crippen LogP contribution in [0.25, 0.3) is 11.3 Å². The molecular formula is C25H33N5O3. The molecule has 1 saturated heterocycles. The smallest absolute Gasteiger partial charge is 0.410 e. The number of likely N-dealkylation sites (tertiary alicyclic amines) is 1. The van der Waals surface area contributed by atoms with E-state index in [0.29, 0.717) is 30.2 Å². The largest absolute Gasteiger partial charge is 0.444 e. The summed E-state index contributed by atoms with van der Waals surface area (Å²) in [5, 5.41) is 14.5. The molecule has 0 atom stereocenters. The van der Waals surface area contributed by atoms with Gasteiger partial charge >= 0.3 is 6.09 Å². The van der Waals surface area contributed by atoms with E-state index in [9.17, 15) is 10.1 Å². The molecule has 2 aliphatic rings. The van der Waals surface area contributed by atoms with Crippen molar-refractivity contribution in [2.24, 2.45) is 5.41 Å². The van der Waals surface area contributed by atoms with Crippen LogP contribution < -0.4 is 5.73 Å². The lowest BCUT2D eigenvalue weighted by molar-refractivity contribution is -0.0360. The Morgan fingerprint density at radius 1 is 1.30 bits per heavy atom. The second kappa shape index (κ2) is 8.71. The molecule has 33 heavy (non-hydrogen) atoms. The standard InChI is InChI=1S/C25H33N5O3/c1-24(2,3)33-23(31)29-11-5-10-25(16-29)12-19(13-25)30-22(27)20(14-26)21(28-30)18-8-6-17(7-9-18)15-32-4/h6-9,19H,5,10-13,15-16,27H2,1-4H3/t19-,25-. The van der Waals surface area contributed by atoms with Gasteiger partial charge in [-0.05, 0) is 57.4 Å². The summed E-state index contributed by atoms with van der Waals surface area (Å²) in [6.07, 6.45) is 3.56. The summed E-state index contributed by atoms with van der Waals surface area (Å²) >= 11 is 0. The van der Waals surface area contributed by atoms with E-state index in [4.69, 9.17) is 20.3 Å². The molecule has 1 aliphatic heterocycles. The molecule has 8 heteroatoms. The van der Waals surface area contributed by atoms with Gasteiger partial charge in [0.05, 0.1) is 12.6 Å². The van der Waals surface area contributed by atoms with Crippen molar-refractivity contribution in [3.05, 3.63) is 35.4 Å². The Hall–Kier alpha value is -3.05. The van der Waals surface area contributed by atoms with Gasteiger partial charge in [-0.25, -0.2) is 9.48 Å². The van der Waals surface area contributed by atoms with E-state index < -0.39 is 5.60 Å². The fourth-order valence-corrected chi connectivity index (χ4v) is 5.10. The second-order valence-corrected chi connectivity index (χ2v) is 10.4. The topological polar surface area (TPSA) is 106 Å². The van der Waals surface area contributed by atoms with Crippen molar-refractivity contribution >= 4 is 11.9 Å². The molecule has 1 aliphatic carbocycles. The summed E-state index contributed by atoms with van der Waals surface area (Å²) in [4.78, 5) is 14.4. The number of carbonyl (C=O) groups is 1. The zero-order valence-electron chi connectivity index (χ0n) is 19.9. The van der Waals surface area contributed by atoms with Crippen LogP contribution in [0.5, 0.6) is 0 Å². The molecule has 176 valence electrons. The number of ether oxygens (including phenoxy) is 2. The van der Waals surface area contributed by atoms with Gasteiger partial charge in [-0.2, -0.15) is 10.4 Å². The lowest BCUT2D eigenvalue weighted by atomic mass is 9.61. The maximum Gasteiger partial charge on any atom is 0.410 e. The van der Waals surface area contributed by atoms with Crippen molar-refractivity contribution in [2.45, 2.75) is 64.7 Å². The molecule has 2 aromatic rings. The molecule has 1 spiro atoms. The molecule has 0 bridgehead atoms. The van der Waals surface area contributed by atoms with Gasteiger partial charge in [0.2, 0.25) is 0 Å². The molecule has 8 nitrogen and oxygen atoms in total. The minimum Gasteiger partial charge on any atom is -0.444 e. The lowest BCUT2D eigenvalue weighted by Crippen LogP contribution is -2.53. The molecule has 2 heterocycles. The van der Waals surface area contributed by atoms with E-state index in [1.807, 2.05) is 54.6 Å². The molecule has 2 N–H and O–H groups in total. The van der Waals surface area contributed by atoms with Crippen molar-refractivity contribution in [3.8, 4) is 17.3 Å². The molecule has 0 unspecified atom stereocenters. The van der Waals surface area contributed by atoms with E-state index in [1.54, 1.807) is 7.11 Å². The quantitative estimate of drug-likeness (QED) is 0.733. The highest BCUT2D eigenvalue weighted by Gasteiger charge is 2.49. The first kappa shape index (κ1) is 23.1. The number of amides is 1. The third-order valence-electron chi connectivity index (χ3n) is 6.59. The Bertz CT molecular complexity index is 1060. The number of nitriles is 1. The monoisotopic (exact) mass is 451 g/mol. The Balaban J connectivity index is 1.49. The zero-order chi connectivity index (χ0) is 23.8. The number of nitrogens with two attached hydrogens (primary N) is 1. The van der Waals surface area contributed by atoms with Crippen LogP contribution in [0.2, 0.25) is 0 Å². The van der Waals surface area contributed by atoms with Crippen LogP contribution >= 0.6 is 0 Å². The van der Waals surface area contributed by atoms with Crippen molar-refractivity contribution in [1.29, 1.82) is 5.26 Å². The number of piperidine rings is 1. The van der Waals surface area contributed by atoms with E-state index in [0.717, 1.165) is 43.4 Å². The molecule has 0 radical (unpaired) electrons. The average molecular weight is 452 g/mol. The second-order valence-electron chi connectivity index (χ2n) is 10.4. The van der Waals surface area contributed by atoms with Crippen molar-refractivity contribution in [3.63, 3.8) is 0 Å². The first-order valence-electron chi connectivity index (χ1n) is 11.5. The number of nitrogen functional groups attached to an aromatic ring is 1. The van der Waals surface area contributed by atoms with Gasteiger partial charge < -0.3 is 20.1 Å². The van der Waals surface area contributed by atoms with Crippen LogP contribution in [0.3, 0.4) is 0 Å². The van der Waals surface area contributed by atoms with Crippen LogP contribution in [-0.2, 0) is 16.1 Å². The van der Waals surface area contributed by atoms with Crippen molar-refractivity contribution in [1.82, 2.24) is 14.7 Å². The minimum atomic E-state index is -0.501. The van der Waals surface area contributed by atoms with E-state index in [2.05, 4.69) is 6.07 Å². The summed E-state index contributed by atoms with van der Waals surface area (Å²) in [6, 6.07) is 10.2. The maximum atomic E-state index is 12.6. The number of nitrogens with zero attached hydrogens (tertiary/aromatic N) is 4. The molecule has 1 aromatic heterocycles. The van der Waals surface area contributed by atoms with E-state index in [1.165, 1.54) is 0 Å². The number of anilines is 1. The Morgan fingerprint density at radius 2 is 2.00 bits per heavy atom. The summed E-state index contributed by atoms with van der Waals surface area (Å²) in [5.74, 6) is 0.410. The van der Waals surface area contributed by atoms with Crippen LogP contribution in [0.4, 0.5) is 10.6 Å². The van der Waals surface area contributed by atoms with Gasteiger partial charge in [0.1, 0.15) is 28.7 Å². The molecule has 1 aromatic carbocycles.